The van der Waals surface area contributed by atoms with E-state index in [4.69, 9.17) is 0 Å². The second-order valence-electron chi connectivity index (χ2n) is 6.66. The SMILES string of the molecule is FC(F)C(CCc1ccccc1)NCCc1nnc2n1CCCCC2. The number of hydrogen-bond donors (Lipinski definition) is 1. The van der Waals surface area contributed by atoms with E-state index in [0.717, 1.165) is 43.0 Å². The van der Waals surface area contributed by atoms with Crippen LogP contribution in [-0.2, 0) is 25.8 Å². The van der Waals surface area contributed by atoms with E-state index in [2.05, 4.69) is 20.1 Å². The molecule has 4 nitrogen and oxygen atoms in total. The van der Waals surface area contributed by atoms with Gasteiger partial charge in [-0.1, -0.05) is 36.8 Å². The molecule has 1 unspecified atom stereocenters. The van der Waals surface area contributed by atoms with Crippen LogP contribution in [0.1, 0.15) is 42.9 Å². The molecule has 1 aromatic carbocycles. The van der Waals surface area contributed by atoms with Crippen LogP contribution in [0.4, 0.5) is 8.78 Å². The Labute approximate surface area is 147 Å². The first-order valence-corrected chi connectivity index (χ1v) is 9.20. The van der Waals surface area contributed by atoms with E-state index in [1.807, 2.05) is 30.3 Å². The van der Waals surface area contributed by atoms with Gasteiger partial charge in [0.05, 0.1) is 6.04 Å². The molecule has 0 radical (unpaired) electrons. The molecular formula is C19H26F2N4. The molecular weight excluding hydrogens is 322 g/mol. The van der Waals surface area contributed by atoms with Crippen molar-refractivity contribution in [1.29, 1.82) is 0 Å². The molecule has 2 heterocycles. The predicted octanol–water partition coefficient (Wildman–Crippen LogP) is 3.40. The van der Waals surface area contributed by atoms with Gasteiger partial charge in [-0.3, -0.25) is 0 Å². The highest BCUT2D eigenvalue weighted by Crippen LogP contribution is 2.15. The molecule has 0 fully saturated rings. The topological polar surface area (TPSA) is 42.7 Å². The number of nitrogens with one attached hydrogen (secondary N) is 1. The lowest BCUT2D eigenvalue weighted by Crippen LogP contribution is -2.37. The van der Waals surface area contributed by atoms with E-state index >= 15 is 0 Å². The Morgan fingerprint density at radius 3 is 2.68 bits per heavy atom. The molecule has 1 atom stereocenters. The summed E-state index contributed by atoms with van der Waals surface area (Å²) >= 11 is 0. The van der Waals surface area contributed by atoms with Gasteiger partial charge < -0.3 is 9.88 Å². The van der Waals surface area contributed by atoms with Gasteiger partial charge in [-0.05, 0) is 31.2 Å². The molecule has 0 saturated carbocycles. The monoisotopic (exact) mass is 348 g/mol. The normalized spacial score (nSPS) is 15.8. The molecule has 0 aliphatic carbocycles. The highest BCUT2D eigenvalue weighted by Gasteiger charge is 2.20. The average Bonchev–Trinajstić information content (AvgIpc) is 2.85. The van der Waals surface area contributed by atoms with Crippen molar-refractivity contribution in [2.75, 3.05) is 6.54 Å². The van der Waals surface area contributed by atoms with Crippen molar-refractivity contribution >= 4 is 0 Å². The van der Waals surface area contributed by atoms with Gasteiger partial charge in [0.2, 0.25) is 0 Å². The lowest BCUT2D eigenvalue weighted by molar-refractivity contribution is 0.0943. The number of aromatic nitrogens is 3. The van der Waals surface area contributed by atoms with Crippen molar-refractivity contribution in [2.45, 2.75) is 64.0 Å². The molecule has 2 aromatic rings. The lowest BCUT2D eigenvalue weighted by atomic mass is 10.1. The fraction of sp³-hybridized carbons (Fsp3) is 0.579. The maximum absolute atomic E-state index is 13.3. The fourth-order valence-corrected chi connectivity index (χ4v) is 3.38. The highest BCUT2D eigenvalue weighted by molar-refractivity contribution is 5.14. The Hall–Kier alpha value is -1.82. The molecule has 6 heteroatoms. The van der Waals surface area contributed by atoms with Crippen molar-refractivity contribution in [1.82, 2.24) is 20.1 Å². The summed E-state index contributed by atoms with van der Waals surface area (Å²) < 4.78 is 28.8. The first-order valence-electron chi connectivity index (χ1n) is 9.20. The number of nitrogens with zero attached hydrogens (tertiary/aromatic N) is 3. The van der Waals surface area contributed by atoms with Crippen LogP contribution in [-0.4, -0.2) is 33.8 Å². The van der Waals surface area contributed by atoms with Crippen molar-refractivity contribution < 1.29 is 8.78 Å². The zero-order chi connectivity index (χ0) is 17.5. The van der Waals surface area contributed by atoms with Gasteiger partial charge in [-0.15, -0.1) is 10.2 Å². The molecule has 0 amide bonds. The summed E-state index contributed by atoms with van der Waals surface area (Å²) in [5, 5.41) is 11.5. The molecule has 136 valence electrons. The van der Waals surface area contributed by atoms with Gasteiger partial charge in [-0.2, -0.15) is 0 Å². The molecule has 1 aromatic heterocycles. The third-order valence-electron chi connectivity index (χ3n) is 4.83. The van der Waals surface area contributed by atoms with E-state index in [1.54, 1.807) is 0 Å². The highest BCUT2D eigenvalue weighted by atomic mass is 19.3. The molecule has 1 aliphatic heterocycles. The zero-order valence-electron chi connectivity index (χ0n) is 14.5. The van der Waals surface area contributed by atoms with E-state index in [9.17, 15) is 8.78 Å². The second-order valence-corrected chi connectivity index (χ2v) is 6.66. The van der Waals surface area contributed by atoms with Gasteiger partial charge in [0.25, 0.3) is 6.43 Å². The van der Waals surface area contributed by atoms with Crippen LogP contribution < -0.4 is 5.32 Å². The number of hydrogen-bond acceptors (Lipinski definition) is 3. The van der Waals surface area contributed by atoms with Crippen LogP contribution in [0.5, 0.6) is 0 Å². The number of halogens is 2. The van der Waals surface area contributed by atoms with Crippen molar-refractivity contribution in [2.24, 2.45) is 0 Å². The van der Waals surface area contributed by atoms with Gasteiger partial charge >= 0.3 is 0 Å². The van der Waals surface area contributed by atoms with Crippen LogP contribution >= 0.6 is 0 Å². The maximum Gasteiger partial charge on any atom is 0.253 e. The number of aryl methyl sites for hydroxylation is 2. The third-order valence-corrected chi connectivity index (χ3v) is 4.83. The summed E-state index contributed by atoms with van der Waals surface area (Å²) in [6, 6.07) is 9.00. The third kappa shape index (κ3) is 5.08. The Morgan fingerprint density at radius 1 is 1.04 bits per heavy atom. The van der Waals surface area contributed by atoms with E-state index in [-0.39, 0.29) is 0 Å². The number of fused-ring (bicyclic) bond motifs is 1. The summed E-state index contributed by atoms with van der Waals surface area (Å²) in [4.78, 5) is 0. The minimum absolute atomic E-state index is 0.430. The van der Waals surface area contributed by atoms with Gasteiger partial charge in [0.1, 0.15) is 11.6 Å². The molecule has 0 bridgehead atoms. The summed E-state index contributed by atoms with van der Waals surface area (Å²) in [5.74, 6) is 1.96. The fourth-order valence-electron chi connectivity index (χ4n) is 3.38. The summed E-state index contributed by atoms with van der Waals surface area (Å²) in [5.41, 5.74) is 1.10. The largest absolute Gasteiger partial charge is 0.315 e. The Kier molecular flexibility index (Phi) is 6.50. The number of benzene rings is 1. The Bertz CT molecular complexity index is 642. The molecule has 0 saturated heterocycles. The lowest BCUT2D eigenvalue weighted by Gasteiger charge is -2.18. The zero-order valence-corrected chi connectivity index (χ0v) is 14.5. The van der Waals surface area contributed by atoms with Crippen molar-refractivity contribution in [3.8, 4) is 0 Å². The first kappa shape index (κ1) is 18.0. The quantitative estimate of drug-likeness (QED) is 0.795. The first-order chi connectivity index (χ1) is 12.2. The molecule has 3 rings (SSSR count). The predicted molar refractivity (Wildman–Crippen MR) is 93.8 cm³/mol. The second kappa shape index (κ2) is 9.04. The Morgan fingerprint density at radius 2 is 1.88 bits per heavy atom. The van der Waals surface area contributed by atoms with Crippen LogP contribution in [0, 0.1) is 0 Å². The van der Waals surface area contributed by atoms with E-state index in [1.165, 1.54) is 6.42 Å². The minimum atomic E-state index is -2.36. The van der Waals surface area contributed by atoms with Crippen LogP contribution in [0.3, 0.4) is 0 Å². The molecule has 0 spiro atoms. The van der Waals surface area contributed by atoms with E-state index < -0.39 is 12.5 Å². The Balaban J connectivity index is 1.49. The standard InChI is InChI=1S/C19H26F2N4/c20-19(21)16(11-10-15-7-3-1-4-8-15)22-13-12-18-24-23-17-9-5-2-6-14-25(17)18/h1,3-4,7-8,16,19,22H,2,5-6,9-14H2. The minimum Gasteiger partial charge on any atom is -0.315 e. The van der Waals surface area contributed by atoms with Crippen LogP contribution in [0.15, 0.2) is 30.3 Å². The van der Waals surface area contributed by atoms with Crippen molar-refractivity contribution in [3.63, 3.8) is 0 Å². The summed E-state index contributed by atoms with van der Waals surface area (Å²) in [7, 11) is 0. The van der Waals surface area contributed by atoms with Crippen molar-refractivity contribution in [3.05, 3.63) is 47.5 Å². The van der Waals surface area contributed by atoms with Gasteiger partial charge in [-0.25, -0.2) is 8.78 Å². The van der Waals surface area contributed by atoms with Gasteiger partial charge in [0, 0.05) is 25.9 Å². The molecule has 25 heavy (non-hydrogen) atoms. The molecule has 1 N–H and O–H groups in total. The number of alkyl halides is 2. The molecule has 1 aliphatic rings. The summed E-state index contributed by atoms with van der Waals surface area (Å²) in [6.45, 7) is 1.45. The summed E-state index contributed by atoms with van der Waals surface area (Å²) in [6.07, 6.45) is 3.85. The van der Waals surface area contributed by atoms with E-state index in [0.29, 0.717) is 25.8 Å². The van der Waals surface area contributed by atoms with Gasteiger partial charge in [0.15, 0.2) is 0 Å². The smallest absolute Gasteiger partial charge is 0.253 e. The average molecular weight is 348 g/mol. The number of rotatable bonds is 8. The maximum atomic E-state index is 13.3. The van der Waals surface area contributed by atoms with Crippen LogP contribution in [0.2, 0.25) is 0 Å². The van der Waals surface area contributed by atoms with Crippen LogP contribution in [0.25, 0.3) is 0 Å².